The maximum Gasteiger partial charge on any atom is 0.344 e. The maximum absolute atomic E-state index is 15.3. The highest BCUT2D eigenvalue weighted by Crippen LogP contribution is 2.68. The fraction of sp³-hybridized carbons (Fsp3) is 0.596. The molecule has 2 bridgehead atoms. The molecule has 3 aromatic rings. The molecule has 1 aliphatic carbocycles. The van der Waals surface area contributed by atoms with Crippen molar-refractivity contribution in [3.05, 3.63) is 70.9 Å². The molecule has 3 fully saturated rings. The number of carbonyl (C=O) groups excluding carboxylic acids is 3. The molecule has 0 amide bonds. The number of benzene rings is 2. The molecule has 3 N–H and O–H groups in total. The van der Waals surface area contributed by atoms with Crippen molar-refractivity contribution < 1.29 is 43.5 Å². The Hall–Kier alpha value is -4.43. The summed E-state index contributed by atoms with van der Waals surface area (Å²) in [5.74, 6) is -1.31. The molecule has 60 heavy (non-hydrogen) atoms. The number of likely N-dealkylation sites (N-methyl/N-ethyl adjacent to an activating group) is 1. The molecule has 0 radical (unpaired) electrons. The Morgan fingerprint density at radius 2 is 1.72 bits per heavy atom. The Kier molecular flexibility index (Phi) is 9.77. The fourth-order valence-corrected chi connectivity index (χ4v) is 13.6. The number of nitrogens with zero attached hydrogens (tertiary/aromatic N) is 3. The first-order valence-electron chi connectivity index (χ1n) is 21.7. The van der Waals surface area contributed by atoms with Crippen molar-refractivity contribution in [2.45, 2.75) is 106 Å². The summed E-state index contributed by atoms with van der Waals surface area (Å²) in [7, 11) is 6.18. The van der Waals surface area contributed by atoms with Crippen molar-refractivity contribution in [2.24, 2.45) is 11.3 Å². The molecule has 1 unspecified atom stereocenters. The van der Waals surface area contributed by atoms with Crippen LogP contribution in [0.4, 0.5) is 5.69 Å². The van der Waals surface area contributed by atoms with Crippen molar-refractivity contribution >= 4 is 34.5 Å². The van der Waals surface area contributed by atoms with Crippen LogP contribution < -0.4 is 9.64 Å². The van der Waals surface area contributed by atoms with Gasteiger partial charge in [-0.25, -0.2) is 4.79 Å². The predicted octanol–water partition coefficient (Wildman–Crippen LogP) is 4.38. The van der Waals surface area contributed by atoms with Gasteiger partial charge in [-0.2, -0.15) is 0 Å². The number of aromatic amines is 1. The third kappa shape index (κ3) is 5.34. The highest BCUT2D eigenvalue weighted by atomic mass is 16.6. The van der Waals surface area contributed by atoms with Gasteiger partial charge in [-0.1, -0.05) is 44.2 Å². The molecular formula is C47H60N4O9. The van der Waals surface area contributed by atoms with Crippen molar-refractivity contribution in [3.8, 4) is 5.75 Å². The summed E-state index contributed by atoms with van der Waals surface area (Å²) in [4.78, 5) is 53.2. The van der Waals surface area contributed by atoms with E-state index in [-0.39, 0.29) is 12.0 Å². The minimum Gasteiger partial charge on any atom is -0.496 e. The summed E-state index contributed by atoms with van der Waals surface area (Å²) in [6.07, 6.45) is 6.81. The molecule has 1 spiro atoms. The van der Waals surface area contributed by atoms with Crippen LogP contribution in [0.25, 0.3) is 10.9 Å². The van der Waals surface area contributed by atoms with Gasteiger partial charge >= 0.3 is 17.9 Å². The number of aliphatic hydroxyl groups is 2. The minimum absolute atomic E-state index is 0.113. The topological polar surface area (TPSA) is 154 Å². The number of anilines is 1. The Balaban J connectivity index is 1.34. The Morgan fingerprint density at radius 1 is 0.950 bits per heavy atom. The second kappa shape index (κ2) is 14.3. The molecule has 9 rings (SSSR count). The van der Waals surface area contributed by atoms with E-state index in [2.05, 4.69) is 39.1 Å². The number of piperidine rings is 1. The van der Waals surface area contributed by atoms with Gasteiger partial charge in [-0.05, 0) is 80.7 Å². The monoisotopic (exact) mass is 824 g/mol. The van der Waals surface area contributed by atoms with Crippen LogP contribution >= 0.6 is 0 Å². The molecule has 13 nitrogen and oxygen atoms in total. The molecular weight excluding hydrogens is 765 g/mol. The molecule has 1 aromatic heterocycles. The van der Waals surface area contributed by atoms with Crippen molar-refractivity contribution in [3.63, 3.8) is 0 Å². The summed E-state index contributed by atoms with van der Waals surface area (Å²) in [5, 5.41) is 26.2. The van der Waals surface area contributed by atoms with Gasteiger partial charge in [0.1, 0.15) is 11.2 Å². The van der Waals surface area contributed by atoms with E-state index >= 15 is 4.79 Å². The molecule has 1 saturated carbocycles. The number of hydrogen-bond donors (Lipinski definition) is 3. The Bertz CT molecular complexity index is 2270. The molecule has 13 heteroatoms. The fourth-order valence-electron chi connectivity index (χ4n) is 13.6. The first-order valence-corrected chi connectivity index (χ1v) is 21.7. The van der Waals surface area contributed by atoms with Gasteiger partial charge in [0.05, 0.1) is 33.0 Å². The zero-order valence-electron chi connectivity index (χ0n) is 36.0. The number of nitrogens with one attached hydrogen (secondary N) is 1. The second-order valence-electron chi connectivity index (χ2n) is 18.5. The summed E-state index contributed by atoms with van der Waals surface area (Å²) in [6, 6.07) is 11.0. The molecule has 2 saturated heterocycles. The van der Waals surface area contributed by atoms with E-state index in [1.165, 1.54) is 21.1 Å². The first-order chi connectivity index (χ1) is 28.7. The molecule has 6 aliphatic rings. The number of hydrogen-bond acceptors (Lipinski definition) is 12. The van der Waals surface area contributed by atoms with Crippen LogP contribution in [0.3, 0.4) is 0 Å². The van der Waals surface area contributed by atoms with Crippen LogP contribution in [0.2, 0.25) is 0 Å². The summed E-state index contributed by atoms with van der Waals surface area (Å²) >= 11 is 0. The number of aromatic nitrogens is 1. The Labute approximate surface area is 352 Å². The van der Waals surface area contributed by atoms with Crippen LogP contribution in [0.15, 0.2) is 48.6 Å². The van der Waals surface area contributed by atoms with E-state index in [0.29, 0.717) is 82.4 Å². The van der Waals surface area contributed by atoms with E-state index in [1.807, 2.05) is 50.1 Å². The van der Waals surface area contributed by atoms with Gasteiger partial charge in [-0.15, -0.1) is 0 Å². The lowest BCUT2D eigenvalue weighted by Crippen LogP contribution is -2.81. The summed E-state index contributed by atoms with van der Waals surface area (Å²) in [5.41, 5.74) is -1.42. The van der Waals surface area contributed by atoms with Crippen LogP contribution in [-0.2, 0) is 45.8 Å². The van der Waals surface area contributed by atoms with Crippen molar-refractivity contribution in [1.29, 1.82) is 0 Å². The van der Waals surface area contributed by atoms with Crippen molar-refractivity contribution in [1.82, 2.24) is 14.8 Å². The van der Waals surface area contributed by atoms with Gasteiger partial charge in [0.25, 0.3) is 0 Å². The molecule has 322 valence electrons. The molecule has 10 atom stereocenters. The third-order valence-electron chi connectivity index (χ3n) is 15.9. The van der Waals surface area contributed by atoms with E-state index in [4.69, 9.17) is 18.9 Å². The third-order valence-corrected chi connectivity index (χ3v) is 15.9. The number of para-hydroxylation sites is 1. The van der Waals surface area contributed by atoms with Crippen molar-refractivity contribution in [2.75, 3.05) is 66.0 Å². The highest BCUT2D eigenvalue weighted by molar-refractivity contribution is 5.95. The average molecular weight is 825 g/mol. The lowest BCUT2D eigenvalue weighted by atomic mass is 9.47. The zero-order chi connectivity index (χ0) is 42.6. The predicted molar refractivity (Wildman–Crippen MR) is 225 cm³/mol. The lowest BCUT2D eigenvalue weighted by molar-refractivity contribution is -0.228. The molecule has 5 aliphatic heterocycles. The SMILES string of the molecule is CC[C@@]1(O)C[C@@H]2CC[C@](C(=O)OC)(c3cc4c(cc3OC)N(C)[C@H]3[C@@](O)(C(=O)OC)[C@H](OC(C)=O)[C@]5(CC)C=CCN6CC[C@]43[C@@H]65)c3[nH]c4ccccc4c3CCN(C2)C1. The number of rotatable bonds is 7. The zero-order valence-corrected chi connectivity index (χ0v) is 36.0. The van der Waals surface area contributed by atoms with Crippen LogP contribution in [0.5, 0.6) is 5.75 Å². The van der Waals surface area contributed by atoms with Crippen LogP contribution in [0, 0.1) is 11.3 Å². The minimum atomic E-state index is -2.30. The highest BCUT2D eigenvalue weighted by Gasteiger charge is 2.80. The number of fused-ring (bicyclic) bond motifs is 6. The number of carbonyl (C=O) groups is 3. The molecule has 2 aromatic carbocycles. The van der Waals surface area contributed by atoms with Crippen LogP contribution in [-0.4, -0.2) is 133 Å². The van der Waals surface area contributed by atoms with Gasteiger partial charge in [-0.3, -0.25) is 19.4 Å². The Morgan fingerprint density at radius 3 is 2.42 bits per heavy atom. The van der Waals surface area contributed by atoms with E-state index in [9.17, 15) is 19.8 Å². The normalized spacial score (nSPS) is 36.8. The summed E-state index contributed by atoms with van der Waals surface area (Å²) in [6.45, 7) is 8.82. The van der Waals surface area contributed by atoms with Gasteiger partial charge in [0.15, 0.2) is 6.10 Å². The smallest absolute Gasteiger partial charge is 0.344 e. The van der Waals surface area contributed by atoms with Gasteiger partial charge in [0, 0.05) is 90.9 Å². The second-order valence-corrected chi connectivity index (χ2v) is 18.5. The largest absolute Gasteiger partial charge is 0.496 e. The number of ether oxygens (including phenoxy) is 4. The maximum atomic E-state index is 15.3. The number of H-pyrrole nitrogens is 1. The van der Waals surface area contributed by atoms with E-state index in [0.717, 1.165) is 40.0 Å². The first kappa shape index (κ1) is 40.9. The number of methoxy groups -OCH3 is 3. The van der Waals surface area contributed by atoms with E-state index in [1.54, 1.807) is 7.11 Å². The standard InChI is InChI=1S/C47H60N4O9/c1-8-43(55)25-29-15-18-45(41(53)58-6,37-31(16-21-50(26-29)27-43)30-13-10-11-14-34(30)48-37)33-23-32-35(24-36(33)57-5)49(4)39-46(32)19-22-51-20-12-17-44(9-2,38(46)51)40(60-28(3)52)47(39,56)42(54)59-7/h10-14,17,23-24,29,38-40,48,55-56H,8-9,15-16,18-22,25-27H2,1-7H3/t29-,38-,39+,40+,43+,44+,45-,46+,47-/m0/s1. The quantitative estimate of drug-likeness (QED) is 0.176. The lowest BCUT2D eigenvalue weighted by Gasteiger charge is -2.63. The van der Waals surface area contributed by atoms with E-state index < -0.39 is 57.5 Å². The molecule has 6 heterocycles. The average Bonchev–Trinajstić information content (AvgIpc) is 3.90. The van der Waals surface area contributed by atoms with Gasteiger partial charge in [0.2, 0.25) is 5.60 Å². The van der Waals surface area contributed by atoms with Gasteiger partial charge < -0.3 is 39.0 Å². The summed E-state index contributed by atoms with van der Waals surface area (Å²) < 4.78 is 23.9. The number of esters is 3. The van der Waals surface area contributed by atoms with Crippen LogP contribution in [0.1, 0.15) is 81.7 Å².